The highest BCUT2D eigenvalue weighted by Crippen LogP contribution is 2.44. The zero-order valence-electron chi connectivity index (χ0n) is 16.3. The van der Waals surface area contributed by atoms with Gasteiger partial charge in [0.25, 0.3) is 0 Å². The Kier molecular flexibility index (Phi) is 5.67. The fourth-order valence-corrected chi connectivity index (χ4v) is 3.15. The average molecular weight is 410 g/mol. The van der Waals surface area contributed by atoms with E-state index in [2.05, 4.69) is 10.3 Å². The van der Waals surface area contributed by atoms with Crippen molar-refractivity contribution < 1.29 is 32.1 Å². The van der Waals surface area contributed by atoms with Crippen LogP contribution in [0.5, 0.6) is 23.0 Å². The van der Waals surface area contributed by atoms with Crippen molar-refractivity contribution in [1.29, 1.82) is 0 Å². The number of alkyl halides is 3. The SMILES string of the molecule is COc1ccc2[nH]cc([C@@H](Nc3cc(OC)c(OC)c(OC)c3)C(F)(F)F)c2c1. The van der Waals surface area contributed by atoms with Crippen LogP contribution >= 0.6 is 0 Å². The van der Waals surface area contributed by atoms with Crippen LogP contribution in [0, 0.1) is 0 Å². The summed E-state index contributed by atoms with van der Waals surface area (Å²) in [5.74, 6) is 1.25. The van der Waals surface area contributed by atoms with E-state index in [4.69, 9.17) is 18.9 Å². The maximum absolute atomic E-state index is 14.0. The minimum Gasteiger partial charge on any atom is -0.497 e. The minimum absolute atomic E-state index is 0.0418. The molecule has 0 unspecified atom stereocenters. The summed E-state index contributed by atoms with van der Waals surface area (Å²) in [5, 5.41) is 2.96. The number of fused-ring (bicyclic) bond motifs is 1. The molecule has 0 aliphatic rings. The van der Waals surface area contributed by atoms with Crippen LogP contribution in [-0.4, -0.2) is 39.6 Å². The lowest BCUT2D eigenvalue weighted by molar-refractivity contribution is -0.143. The number of benzene rings is 2. The van der Waals surface area contributed by atoms with E-state index in [1.165, 1.54) is 46.8 Å². The third-order valence-corrected chi connectivity index (χ3v) is 4.53. The molecule has 1 atom stereocenters. The van der Waals surface area contributed by atoms with Crippen molar-refractivity contribution in [2.75, 3.05) is 33.8 Å². The van der Waals surface area contributed by atoms with Crippen molar-refractivity contribution >= 4 is 16.6 Å². The number of aromatic amines is 1. The second-order valence-electron chi connectivity index (χ2n) is 6.19. The van der Waals surface area contributed by atoms with Gasteiger partial charge >= 0.3 is 6.18 Å². The molecule has 0 spiro atoms. The Balaban J connectivity index is 2.09. The molecule has 2 aromatic carbocycles. The molecule has 0 saturated heterocycles. The maximum atomic E-state index is 14.0. The largest absolute Gasteiger partial charge is 0.497 e. The third-order valence-electron chi connectivity index (χ3n) is 4.53. The highest BCUT2D eigenvalue weighted by Gasteiger charge is 2.42. The summed E-state index contributed by atoms with van der Waals surface area (Å²) in [7, 11) is 5.68. The average Bonchev–Trinajstić information content (AvgIpc) is 3.12. The van der Waals surface area contributed by atoms with Gasteiger partial charge in [-0.05, 0) is 18.2 Å². The number of methoxy groups -OCH3 is 4. The van der Waals surface area contributed by atoms with Crippen LogP contribution in [0.4, 0.5) is 18.9 Å². The molecule has 3 aromatic rings. The van der Waals surface area contributed by atoms with Crippen molar-refractivity contribution in [2.45, 2.75) is 12.2 Å². The van der Waals surface area contributed by atoms with Gasteiger partial charge in [0, 0.05) is 40.5 Å². The highest BCUT2D eigenvalue weighted by atomic mass is 19.4. The second kappa shape index (κ2) is 8.02. The summed E-state index contributed by atoms with van der Waals surface area (Å²) in [6.45, 7) is 0. The van der Waals surface area contributed by atoms with Crippen LogP contribution in [0.2, 0.25) is 0 Å². The van der Waals surface area contributed by atoms with Crippen molar-refractivity contribution in [3.05, 3.63) is 42.1 Å². The topological polar surface area (TPSA) is 64.7 Å². The van der Waals surface area contributed by atoms with Crippen LogP contribution < -0.4 is 24.3 Å². The first-order chi connectivity index (χ1) is 13.8. The van der Waals surface area contributed by atoms with E-state index in [0.717, 1.165) is 0 Å². The molecule has 0 fully saturated rings. The normalized spacial score (nSPS) is 12.5. The lowest BCUT2D eigenvalue weighted by atomic mass is 10.0. The molecule has 1 heterocycles. The zero-order chi connectivity index (χ0) is 21.2. The number of halogens is 3. The van der Waals surface area contributed by atoms with Gasteiger partial charge in [0.2, 0.25) is 5.75 Å². The predicted molar refractivity (Wildman–Crippen MR) is 103 cm³/mol. The Bertz CT molecular complexity index is 976. The van der Waals surface area contributed by atoms with Gasteiger partial charge in [-0.3, -0.25) is 0 Å². The molecular weight excluding hydrogens is 389 g/mol. The molecule has 3 rings (SSSR count). The van der Waals surface area contributed by atoms with E-state index in [1.807, 2.05) is 0 Å². The van der Waals surface area contributed by atoms with E-state index in [1.54, 1.807) is 18.2 Å². The number of H-pyrrole nitrogens is 1. The molecule has 0 bridgehead atoms. The van der Waals surface area contributed by atoms with Gasteiger partial charge in [0.1, 0.15) is 5.75 Å². The lowest BCUT2D eigenvalue weighted by Gasteiger charge is -2.24. The summed E-state index contributed by atoms with van der Waals surface area (Å²) < 4.78 is 62.8. The minimum atomic E-state index is -4.57. The van der Waals surface area contributed by atoms with Crippen molar-refractivity contribution in [1.82, 2.24) is 4.98 Å². The van der Waals surface area contributed by atoms with Crippen molar-refractivity contribution in [3.8, 4) is 23.0 Å². The van der Waals surface area contributed by atoms with Crippen LogP contribution in [-0.2, 0) is 0 Å². The molecule has 2 N–H and O–H groups in total. The van der Waals surface area contributed by atoms with Gasteiger partial charge < -0.3 is 29.2 Å². The van der Waals surface area contributed by atoms with Gasteiger partial charge in [-0.25, -0.2) is 0 Å². The smallest absolute Gasteiger partial charge is 0.412 e. The summed E-state index contributed by atoms with van der Waals surface area (Å²) >= 11 is 0. The molecule has 0 radical (unpaired) electrons. The first-order valence-corrected chi connectivity index (χ1v) is 8.60. The number of nitrogens with one attached hydrogen (secondary N) is 2. The van der Waals surface area contributed by atoms with E-state index in [9.17, 15) is 13.2 Å². The summed E-state index contributed by atoms with van der Waals surface area (Å²) in [6.07, 6.45) is -3.23. The van der Waals surface area contributed by atoms with Crippen LogP contribution in [0.25, 0.3) is 10.9 Å². The zero-order valence-corrected chi connectivity index (χ0v) is 16.3. The first-order valence-electron chi connectivity index (χ1n) is 8.60. The molecule has 0 aliphatic heterocycles. The van der Waals surface area contributed by atoms with Crippen molar-refractivity contribution in [2.24, 2.45) is 0 Å². The number of hydrogen-bond acceptors (Lipinski definition) is 5. The van der Waals surface area contributed by atoms with E-state index in [0.29, 0.717) is 22.4 Å². The standard InChI is InChI=1S/C20H21F3N2O4/c1-26-12-5-6-15-13(9-12)14(10-24-15)19(20(21,22)23)25-11-7-16(27-2)18(29-4)17(8-11)28-3/h5-10,19,24-25H,1-4H3/t19-/m1/s1. The maximum Gasteiger partial charge on any atom is 0.412 e. The summed E-state index contributed by atoms with van der Waals surface area (Å²) in [6, 6.07) is 5.79. The lowest BCUT2D eigenvalue weighted by Crippen LogP contribution is -2.27. The Hall–Kier alpha value is -3.23. The van der Waals surface area contributed by atoms with Gasteiger partial charge in [-0.15, -0.1) is 0 Å². The molecule has 6 nitrogen and oxygen atoms in total. The van der Waals surface area contributed by atoms with E-state index in [-0.39, 0.29) is 22.7 Å². The Morgan fingerprint density at radius 3 is 2.07 bits per heavy atom. The monoisotopic (exact) mass is 410 g/mol. The summed E-state index contributed by atoms with van der Waals surface area (Å²) in [4.78, 5) is 2.88. The van der Waals surface area contributed by atoms with Gasteiger partial charge in [-0.2, -0.15) is 13.2 Å². The molecular formula is C20H21F3N2O4. The quantitative estimate of drug-likeness (QED) is 0.579. The van der Waals surface area contributed by atoms with Crippen LogP contribution in [0.1, 0.15) is 11.6 Å². The van der Waals surface area contributed by atoms with E-state index < -0.39 is 12.2 Å². The fourth-order valence-electron chi connectivity index (χ4n) is 3.15. The first kappa shape index (κ1) is 20.5. The molecule has 0 aliphatic carbocycles. The number of aromatic nitrogens is 1. The second-order valence-corrected chi connectivity index (χ2v) is 6.19. The fraction of sp³-hybridized carbons (Fsp3) is 0.300. The molecule has 1 aromatic heterocycles. The Morgan fingerprint density at radius 2 is 1.55 bits per heavy atom. The molecule has 156 valence electrons. The molecule has 0 saturated carbocycles. The number of ether oxygens (including phenoxy) is 4. The highest BCUT2D eigenvalue weighted by molar-refractivity contribution is 5.85. The van der Waals surface area contributed by atoms with Gasteiger partial charge in [0.05, 0.1) is 28.4 Å². The summed E-state index contributed by atoms with van der Waals surface area (Å²) in [5.41, 5.74) is 0.779. The number of hydrogen-bond donors (Lipinski definition) is 2. The predicted octanol–water partition coefficient (Wildman–Crippen LogP) is 4.92. The third kappa shape index (κ3) is 3.98. The Labute approximate surface area is 165 Å². The van der Waals surface area contributed by atoms with E-state index >= 15 is 0 Å². The van der Waals surface area contributed by atoms with Crippen LogP contribution in [0.3, 0.4) is 0 Å². The van der Waals surface area contributed by atoms with Crippen molar-refractivity contribution in [3.63, 3.8) is 0 Å². The molecule has 29 heavy (non-hydrogen) atoms. The van der Waals surface area contributed by atoms with Gasteiger partial charge in [0.15, 0.2) is 17.5 Å². The Morgan fingerprint density at radius 1 is 0.897 bits per heavy atom. The van der Waals surface area contributed by atoms with Gasteiger partial charge in [-0.1, -0.05) is 0 Å². The number of rotatable bonds is 7. The van der Waals surface area contributed by atoms with Crippen LogP contribution in [0.15, 0.2) is 36.5 Å². The number of anilines is 1. The molecule has 0 amide bonds. The molecule has 9 heteroatoms.